The second kappa shape index (κ2) is 12.7. The predicted molar refractivity (Wildman–Crippen MR) is 140 cm³/mol. The van der Waals surface area contributed by atoms with E-state index in [1.807, 2.05) is 17.1 Å². The number of halogens is 3. The number of nitrogens with zero attached hydrogens (tertiary/aromatic N) is 3. The molecule has 2 heterocycles. The molecule has 200 valence electrons. The Hall–Kier alpha value is -1.03. The standard InChI is InChI=1S/C20H25BrClFN4O6S2Se/c1-2-24-33-35(31,32)11-4-8-26-17-13-15(21)5-6-16(17)27(14-22)19(26)18(23)20-25(9-12-36-20)7-3-10-34(28,29)30/h5-6,9,12-13,24H,2-4,7-8,10-11,14H2,1H3/p+1. The zero-order valence-corrected chi connectivity index (χ0v) is 24.9. The van der Waals surface area contributed by atoms with Crippen molar-refractivity contribution in [2.45, 2.75) is 26.3 Å². The van der Waals surface area contributed by atoms with Gasteiger partial charge in [-0.2, -0.15) is 0 Å². The number of benzene rings is 1. The van der Waals surface area contributed by atoms with E-state index < -0.39 is 31.8 Å². The Morgan fingerprint density at radius 3 is 2.64 bits per heavy atom. The van der Waals surface area contributed by atoms with E-state index in [1.54, 1.807) is 33.6 Å². The number of fused-ring (bicyclic) bond motifs is 1. The third-order valence-corrected chi connectivity index (χ3v) is 9.70. The van der Waals surface area contributed by atoms with E-state index in [0.717, 1.165) is 4.47 Å². The number of anilines is 2. The normalized spacial score (nSPS) is 15.5. The molecule has 3 rings (SSSR count). The summed E-state index contributed by atoms with van der Waals surface area (Å²) < 4.78 is 79.1. The van der Waals surface area contributed by atoms with Crippen LogP contribution in [0.15, 0.2) is 39.6 Å². The molecule has 0 saturated heterocycles. The number of hydrogen-bond donors (Lipinski definition) is 2. The molecule has 0 saturated carbocycles. The molecule has 16 heteroatoms. The van der Waals surface area contributed by atoms with E-state index in [4.69, 9.17) is 20.4 Å². The molecule has 0 atom stereocenters. The van der Waals surface area contributed by atoms with Gasteiger partial charge in [-0.15, -0.1) is 0 Å². The summed E-state index contributed by atoms with van der Waals surface area (Å²) in [6, 6.07) is 5.37. The first-order valence-corrected chi connectivity index (χ1v) is 17.2. The summed E-state index contributed by atoms with van der Waals surface area (Å²) in [7, 11) is -7.93. The third-order valence-electron chi connectivity index (χ3n) is 5.12. The average Bonchev–Trinajstić information content (AvgIpc) is 3.38. The van der Waals surface area contributed by atoms with Gasteiger partial charge in [0.2, 0.25) is 0 Å². The van der Waals surface area contributed by atoms with Gasteiger partial charge in [0.05, 0.1) is 0 Å². The van der Waals surface area contributed by atoms with Crippen molar-refractivity contribution in [3.8, 4) is 0 Å². The Balaban J connectivity index is 1.95. The van der Waals surface area contributed by atoms with Crippen molar-refractivity contribution in [1.82, 2.24) is 5.48 Å². The van der Waals surface area contributed by atoms with E-state index in [9.17, 15) is 16.8 Å². The summed E-state index contributed by atoms with van der Waals surface area (Å²) in [5, 5.41) is 0. The van der Waals surface area contributed by atoms with Crippen LogP contribution in [0.2, 0.25) is 0 Å². The minimum absolute atomic E-state index is 0.0494. The van der Waals surface area contributed by atoms with Crippen molar-refractivity contribution < 1.29 is 34.6 Å². The SMILES string of the molecule is CCNOS(=O)(=O)CCCN1C(=C(F)c2[se]cc[n+]2CCCS(=O)(=O)O)N(CCl)c2ccc(Br)cc21. The molecule has 0 fully saturated rings. The van der Waals surface area contributed by atoms with Gasteiger partial charge in [-0.1, -0.05) is 0 Å². The molecule has 0 spiro atoms. The summed E-state index contributed by atoms with van der Waals surface area (Å²) in [6.07, 6.45) is 1.96. The minimum atomic E-state index is -4.12. The topological polar surface area (TPSA) is 120 Å². The molecular formula is C20H26BrClFN4O6S2Se+. The molecule has 0 unspecified atom stereocenters. The van der Waals surface area contributed by atoms with Gasteiger partial charge in [0.15, 0.2) is 0 Å². The molecule has 10 nitrogen and oxygen atoms in total. The first kappa shape index (κ1) is 29.5. The molecule has 1 aliphatic heterocycles. The first-order valence-electron chi connectivity index (χ1n) is 10.8. The average molecular weight is 696 g/mol. The van der Waals surface area contributed by atoms with Gasteiger partial charge >= 0.3 is 230 Å². The van der Waals surface area contributed by atoms with Crippen LogP contribution in [-0.4, -0.2) is 66.5 Å². The van der Waals surface area contributed by atoms with Gasteiger partial charge in [-0.05, 0) is 0 Å². The molecule has 0 radical (unpaired) electrons. The molecule has 2 aromatic rings. The maximum atomic E-state index is 16.2. The Labute approximate surface area is 229 Å². The Morgan fingerprint density at radius 2 is 1.97 bits per heavy atom. The Morgan fingerprint density at radius 1 is 1.22 bits per heavy atom. The van der Waals surface area contributed by atoms with Crippen molar-refractivity contribution in [2.75, 3.05) is 40.4 Å². The van der Waals surface area contributed by atoms with Crippen LogP contribution in [0.4, 0.5) is 15.8 Å². The molecule has 1 aromatic heterocycles. The summed E-state index contributed by atoms with van der Waals surface area (Å²) in [5.74, 6) is -1.06. The number of rotatable bonds is 13. The van der Waals surface area contributed by atoms with E-state index in [1.165, 1.54) is 0 Å². The van der Waals surface area contributed by atoms with Crippen LogP contribution < -0.4 is 19.8 Å². The van der Waals surface area contributed by atoms with Crippen molar-refractivity contribution in [3.05, 3.63) is 44.2 Å². The van der Waals surface area contributed by atoms with Crippen LogP contribution in [0.25, 0.3) is 5.83 Å². The molecule has 0 amide bonds. The van der Waals surface area contributed by atoms with Gasteiger partial charge in [-0.3, -0.25) is 0 Å². The predicted octanol–water partition coefficient (Wildman–Crippen LogP) is 2.45. The van der Waals surface area contributed by atoms with Crippen molar-refractivity contribution in [2.24, 2.45) is 0 Å². The summed E-state index contributed by atoms with van der Waals surface area (Å²) in [6.45, 7) is 2.40. The van der Waals surface area contributed by atoms with Crippen molar-refractivity contribution in [1.29, 1.82) is 0 Å². The second-order valence-electron chi connectivity index (χ2n) is 7.71. The van der Waals surface area contributed by atoms with Gasteiger partial charge in [0.1, 0.15) is 0 Å². The van der Waals surface area contributed by atoms with E-state index in [0.29, 0.717) is 22.5 Å². The number of hydrogen-bond acceptors (Lipinski definition) is 8. The van der Waals surface area contributed by atoms with Gasteiger partial charge in [0, 0.05) is 0 Å². The fraction of sp³-hybridized carbons (Fsp3) is 0.450. The van der Waals surface area contributed by atoms with Gasteiger partial charge < -0.3 is 0 Å². The fourth-order valence-electron chi connectivity index (χ4n) is 3.66. The van der Waals surface area contributed by atoms with Crippen molar-refractivity contribution >= 4 is 79.5 Å². The quantitative estimate of drug-likeness (QED) is 0.0814. The Kier molecular flexibility index (Phi) is 10.4. The maximum absolute atomic E-state index is 16.2. The summed E-state index contributed by atoms with van der Waals surface area (Å²) >= 11 is 9.33. The molecule has 0 bridgehead atoms. The van der Waals surface area contributed by atoms with Crippen LogP contribution in [0.3, 0.4) is 0 Å². The van der Waals surface area contributed by atoms with Gasteiger partial charge in [-0.25, -0.2) is 0 Å². The van der Waals surface area contributed by atoms with Crippen LogP contribution in [0, 0.1) is 0 Å². The molecular weight excluding hydrogens is 670 g/mol. The zero-order valence-electron chi connectivity index (χ0n) is 19.2. The van der Waals surface area contributed by atoms with Gasteiger partial charge in [0.25, 0.3) is 0 Å². The summed E-state index contributed by atoms with van der Waals surface area (Å²) in [4.78, 5) is 5.12. The number of aryl methyl sites for hydroxylation is 1. The zero-order chi connectivity index (χ0) is 26.5. The van der Waals surface area contributed by atoms with Crippen LogP contribution >= 0.6 is 27.5 Å². The molecule has 2 N–H and O–H groups in total. The van der Waals surface area contributed by atoms with E-state index in [-0.39, 0.29) is 58.0 Å². The molecule has 36 heavy (non-hydrogen) atoms. The van der Waals surface area contributed by atoms with E-state index >= 15 is 4.39 Å². The van der Waals surface area contributed by atoms with Crippen molar-refractivity contribution in [3.63, 3.8) is 0 Å². The monoisotopic (exact) mass is 695 g/mol. The fourth-order valence-corrected chi connectivity index (χ4v) is 7.33. The number of aromatic nitrogens is 1. The Bertz CT molecular complexity index is 1330. The molecule has 0 aliphatic carbocycles. The van der Waals surface area contributed by atoms with Crippen LogP contribution in [0.1, 0.15) is 24.3 Å². The third kappa shape index (κ3) is 7.51. The number of alkyl halides is 1. The molecule has 1 aliphatic rings. The molecule has 1 aromatic carbocycles. The second-order valence-corrected chi connectivity index (χ2v) is 14.0. The van der Waals surface area contributed by atoms with E-state index in [2.05, 4.69) is 21.4 Å². The number of nitrogens with one attached hydrogen (secondary N) is 1. The first-order chi connectivity index (χ1) is 17.0. The number of hydroxylamine groups is 1. The van der Waals surface area contributed by atoms with Crippen LogP contribution in [-0.2, 0) is 31.1 Å². The van der Waals surface area contributed by atoms with Crippen LogP contribution in [0.5, 0.6) is 0 Å². The summed E-state index contributed by atoms with van der Waals surface area (Å²) in [5.41, 5.74) is 3.66.